The summed E-state index contributed by atoms with van der Waals surface area (Å²) < 4.78 is 0. The number of rotatable bonds is 4. The lowest BCUT2D eigenvalue weighted by molar-refractivity contribution is 0.103. The van der Waals surface area contributed by atoms with Crippen LogP contribution in [0.3, 0.4) is 0 Å². The number of aromatic nitrogens is 1. The number of hydrogen-bond donors (Lipinski definition) is 2. The number of carbonyl (C=O) groups excluding carboxylic acids is 1. The maximum atomic E-state index is 12.4. The summed E-state index contributed by atoms with van der Waals surface area (Å²) in [5.74, 6) is -0.300. The molecule has 0 amide bonds. The molecule has 21 heavy (non-hydrogen) atoms. The molecular weight excluding hydrogens is 264 g/mol. The maximum absolute atomic E-state index is 12.4. The van der Waals surface area contributed by atoms with Crippen LogP contribution >= 0.6 is 0 Å². The third-order valence-corrected chi connectivity index (χ3v) is 3.23. The van der Waals surface area contributed by atoms with E-state index >= 15 is 0 Å². The fourth-order valence-corrected chi connectivity index (χ4v) is 2.23. The molecule has 2 rings (SSSR count). The smallest absolute Gasteiger partial charge is 0.221 e. The summed E-state index contributed by atoms with van der Waals surface area (Å²) in [6, 6.07) is 7.70. The first-order valence-corrected chi connectivity index (χ1v) is 6.60. The Morgan fingerprint density at radius 3 is 2.67 bits per heavy atom. The third kappa shape index (κ3) is 2.90. The second-order valence-electron chi connectivity index (χ2n) is 5.13. The van der Waals surface area contributed by atoms with Gasteiger partial charge >= 0.3 is 0 Å². The zero-order valence-electron chi connectivity index (χ0n) is 12.6. The van der Waals surface area contributed by atoms with E-state index in [4.69, 9.17) is 5.26 Å². The first-order chi connectivity index (χ1) is 9.96. The highest BCUT2D eigenvalue weighted by atomic mass is 16.1. The summed E-state index contributed by atoms with van der Waals surface area (Å²) in [4.78, 5) is 17.1. The summed E-state index contributed by atoms with van der Waals surface area (Å²) in [5, 5.41) is 13.2. The molecule has 5 heteroatoms. The van der Waals surface area contributed by atoms with Gasteiger partial charge in [-0.05, 0) is 30.7 Å². The van der Waals surface area contributed by atoms with Gasteiger partial charge < -0.3 is 15.2 Å². The fourth-order valence-electron chi connectivity index (χ4n) is 2.23. The standard InChI is InChI=1S/C16H18N4O/c1-10-5-11-6-15(19-14(11)7-13(10)18-2)16(21)12(8-17)9-20(3)4/h5-7,9,18-19H,1-4H3/b12-9+. The zero-order chi connectivity index (χ0) is 15.6. The first-order valence-electron chi connectivity index (χ1n) is 6.60. The van der Waals surface area contributed by atoms with Gasteiger partial charge in [0.1, 0.15) is 11.6 Å². The second-order valence-corrected chi connectivity index (χ2v) is 5.13. The number of hydrogen-bond acceptors (Lipinski definition) is 4. The van der Waals surface area contributed by atoms with Gasteiger partial charge in [-0.3, -0.25) is 4.79 Å². The molecule has 0 spiro atoms. The average molecular weight is 282 g/mol. The Bertz CT molecular complexity index is 762. The van der Waals surface area contributed by atoms with E-state index in [2.05, 4.69) is 10.3 Å². The van der Waals surface area contributed by atoms with Crippen molar-refractivity contribution < 1.29 is 4.79 Å². The van der Waals surface area contributed by atoms with Crippen molar-refractivity contribution in [2.24, 2.45) is 0 Å². The van der Waals surface area contributed by atoms with Crippen molar-refractivity contribution in [1.82, 2.24) is 9.88 Å². The van der Waals surface area contributed by atoms with Crippen molar-refractivity contribution in [2.45, 2.75) is 6.92 Å². The molecule has 0 unspecified atom stereocenters. The molecule has 108 valence electrons. The lowest BCUT2D eigenvalue weighted by Gasteiger charge is -2.05. The summed E-state index contributed by atoms with van der Waals surface area (Å²) in [6.07, 6.45) is 1.53. The Morgan fingerprint density at radius 2 is 2.10 bits per heavy atom. The molecule has 0 saturated heterocycles. The monoisotopic (exact) mass is 282 g/mol. The number of H-pyrrole nitrogens is 1. The first kappa shape index (κ1) is 14.7. The normalized spacial score (nSPS) is 11.3. The van der Waals surface area contributed by atoms with E-state index in [1.54, 1.807) is 25.1 Å². The lowest BCUT2D eigenvalue weighted by Crippen LogP contribution is -2.09. The Morgan fingerprint density at radius 1 is 1.38 bits per heavy atom. The lowest BCUT2D eigenvalue weighted by atomic mass is 10.1. The van der Waals surface area contributed by atoms with Crippen LogP contribution in [0.4, 0.5) is 5.69 Å². The number of Topliss-reactive ketones (excluding diaryl/α,β-unsaturated/α-hetero) is 1. The minimum absolute atomic E-state index is 0.108. The summed E-state index contributed by atoms with van der Waals surface area (Å²) in [5.41, 5.74) is 3.51. The van der Waals surface area contributed by atoms with E-state index in [1.807, 2.05) is 32.2 Å². The number of aryl methyl sites for hydroxylation is 1. The molecule has 1 heterocycles. The Balaban J connectivity index is 2.48. The number of fused-ring (bicyclic) bond motifs is 1. The van der Waals surface area contributed by atoms with E-state index in [-0.39, 0.29) is 11.4 Å². The number of nitrogens with one attached hydrogen (secondary N) is 2. The van der Waals surface area contributed by atoms with Crippen LogP contribution in [0.15, 0.2) is 30.0 Å². The van der Waals surface area contributed by atoms with Gasteiger partial charge in [0, 0.05) is 43.9 Å². The van der Waals surface area contributed by atoms with Crippen molar-refractivity contribution in [3.05, 3.63) is 41.2 Å². The number of carbonyl (C=O) groups is 1. The van der Waals surface area contributed by atoms with Crippen LogP contribution in [0.5, 0.6) is 0 Å². The number of anilines is 1. The van der Waals surface area contributed by atoms with Crippen molar-refractivity contribution in [1.29, 1.82) is 5.26 Å². The van der Waals surface area contributed by atoms with Crippen LogP contribution in [0, 0.1) is 18.3 Å². The number of nitriles is 1. The fraction of sp³-hybridized carbons (Fsp3) is 0.250. The molecule has 0 aliphatic heterocycles. The van der Waals surface area contributed by atoms with Gasteiger partial charge in [0.2, 0.25) is 5.78 Å². The second kappa shape index (κ2) is 5.71. The number of nitrogens with zero attached hydrogens (tertiary/aromatic N) is 2. The van der Waals surface area contributed by atoms with Gasteiger partial charge in [-0.15, -0.1) is 0 Å². The molecule has 0 aliphatic rings. The number of ketones is 1. The Labute approximate surface area is 123 Å². The molecule has 0 bridgehead atoms. The van der Waals surface area contributed by atoms with E-state index in [1.165, 1.54) is 6.20 Å². The molecule has 0 radical (unpaired) electrons. The van der Waals surface area contributed by atoms with Gasteiger partial charge in [-0.25, -0.2) is 0 Å². The summed E-state index contributed by atoms with van der Waals surface area (Å²) >= 11 is 0. The minimum atomic E-state index is -0.300. The highest BCUT2D eigenvalue weighted by Crippen LogP contribution is 2.24. The van der Waals surface area contributed by atoms with E-state index in [0.29, 0.717) is 5.69 Å². The number of allylic oxidation sites excluding steroid dienone is 1. The van der Waals surface area contributed by atoms with Gasteiger partial charge in [0.05, 0.1) is 5.69 Å². The molecule has 0 aliphatic carbocycles. The predicted molar refractivity (Wildman–Crippen MR) is 84.3 cm³/mol. The number of benzene rings is 1. The van der Waals surface area contributed by atoms with Crippen LogP contribution in [0.1, 0.15) is 16.1 Å². The topological polar surface area (TPSA) is 71.9 Å². The average Bonchev–Trinajstić information content (AvgIpc) is 2.85. The SMILES string of the molecule is CNc1cc2[nH]c(C(=O)/C(C#N)=C/N(C)C)cc2cc1C. The van der Waals surface area contributed by atoms with E-state index in [9.17, 15) is 4.79 Å². The highest BCUT2D eigenvalue weighted by molar-refractivity contribution is 6.12. The van der Waals surface area contributed by atoms with Crippen LogP contribution in [0.2, 0.25) is 0 Å². The van der Waals surface area contributed by atoms with Crippen LogP contribution in [-0.2, 0) is 0 Å². The molecule has 1 aromatic carbocycles. The van der Waals surface area contributed by atoms with Gasteiger partial charge in [0.15, 0.2) is 0 Å². The number of aromatic amines is 1. The van der Waals surface area contributed by atoms with Crippen LogP contribution in [-0.4, -0.2) is 36.8 Å². The maximum Gasteiger partial charge on any atom is 0.221 e. The van der Waals surface area contributed by atoms with E-state index in [0.717, 1.165) is 22.2 Å². The quantitative estimate of drug-likeness (QED) is 0.514. The molecule has 1 aromatic heterocycles. The molecule has 0 atom stereocenters. The van der Waals surface area contributed by atoms with Gasteiger partial charge in [-0.1, -0.05) is 0 Å². The van der Waals surface area contributed by atoms with Gasteiger partial charge in [0.25, 0.3) is 0 Å². The zero-order valence-corrected chi connectivity index (χ0v) is 12.6. The molecular formula is C16H18N4O. The van der Waals surface area contributed by atoms with Crippen molar-refractivity contribution in [3.8, 4) is 6.07 Å². The summed E-state index contributed by atoms with van der Waals surface area (Å²) in [6.45, 7) is 2.01. The Kier molecular flexibility index (Phi) is 3.99. The molecule has 0 saturated carbocycles. The Hall–Kier alpha value is -2.74. The van der Waals surface area contributed by atoms with Crippen molar-refractivity contribution >= 4 is 22.4 Å². The highest BCUT2D eigenvalue weighted by Gasteiger charge is 2.15. The molecule has 5 nitrogen and oxygen atoms in total. The van der Waals surface area contributed by atoms with Crippen LogP contribution < -0.4 is 5.32 Å². The largest absolute Gasteiger partial charge is 0.388 e. The van der Waals surface area contributed by atoms with Crippen LogP contribution in [0.25, 0.3) is 10.9 Å². The summed E-state index contributed by atoms with van der Waals surface area (Å²) in [7, 11) is 5.41. The predicted octanol–water partition coefficient (Wildman–Crippen LogP) is 2.67. The van der Waals surface area contributed by atoms with Gasteiger partial charge in [-0.2, -0.15) is 5.26 Å². The van der Waals surface area contributed by atoms with E-state index < -0.39 is 0 Å². The van der Waals surface area contributed by atoms with Crippen molar-refractivity contribution in [2.75, 3.05) is 26.5 Å². The third-order valence-electron chi connectivity index (χ3n) is 3.23. The minimum Gasteiger partial charge on any atom is -0.388 e. The molecule has 2 aromatic rings. The molecule has 2 N–H and O–H groups in total. The molecule has 0 fully saturated rings. The van der Waals surface area contributed by atoms with Crippen molar-refractivity contribution in [3.63, 3.8) is 0 Å².